The first-order valence-electron chi connectivity index (χ1n) is 13.3. The molecule has 1 aromatic heterocycles. The van der Waals surface area contributed by atoms with Crippen LogP contribution < -0.4 is 10.7 Å². The summed E-state index contributed by atoms with van der Waals surface area (Å²) in [5.74, 6) is -1.56. The number of benzene rings is 2. The molecule has 0 radical (unpaired) electrons. The number of ether oxygens (including phenoxy) is 2. The number of hydrogen-bond acceptors (Lipinski definition) is 8. The van der Waals surface area contributed by atoms with E-state index in [9.17, 15) is 23.2 Å². The summed E-state index contributed by atoms with van der Waals surface area (Å²) in [6.45, 7) is 1.55. The van der Waals surface area contributed by atoms with Crippen LogP contribution in [0.4, 0.5) is 19.4 Å². The number of nitrogens with one attached hydrogen (secondary N) is 2. The maximum absolute atomic E-state index is 13.9. The first-order chi connectivity index (χ1) is 20.0. The van der Waals surface area contributed by atoms with E-state index < -0.39 is 23.8 Å². The number of anilines is 1. The summed E-state index contributed by atoms with van der Waals surface area (Å²) in [4.78, 5) is 42.9. The predicted molar refractivity (Wildman–Crippen MR) is 155 cm³/mol. The van der Waals surface area contributed by atoms with Crippen molar-refractivity contribution in [2.24, 2.45) is 0 Å². The Bertz CT molecular complexity index is 1390. The Morgan fingerprint density at radius 1 is 1.05 bits per heavy atom. The molecule has 2 amide bonds. The average molecular weight is 606 g/mol. The van der Waals surface area contributed by atoms with Crippen molar-refractivity contribution in [3.05, 3.63) is 70.9 Å². The van der Waals surface area contributed by atoms with Crippen LogP contribution in [0.3, 0.4) is 0 Å². The Hall–Kier alpha value is -3.87. The molecule has 0 saturated heterocycles. The van der Waals surface area contributed by atoms with Crippen LogP contribution in [0.5, 0.6) is 0 Å². The van der Waals surface area contributed by atoms with E-state index in [0.29, 0.717) is 35.6 Å². The van der Waals surface area contributed by atoms with Crippen LogP contribution in [0, 0.1) is 11.6 Å². The highest BCUT2D eigenvalue weighted by Crippen LogP contribution is 2.21. The standard InChI is InChI=1S/C29H34ClF2N5O5/c1-19(38)37(34-16-21-7-6-9-25(32)28(21)30)24(8-4-5-12-41-27(39)17-36(2)3)18-42-29(40)35-26-14-22-13-23(31)11-10-20(22)15-33-26/h6-7,9-11,13-15,24,34H,4-5,8,12,16-18H2,1-3H3,(H,33,35,40)/t24-/m0/s1. The maximum Gasteiger partial charge on any atom is 0.412 e. The summed E-state index contributed by atoms with van der Waals surface area (Å²) < 4.78 is 38.2. The van der Waals surface area contributed by atoms with Crippen LogP contribution in [0.2, 0.25) is 5.02 Å². The molecule has 3 rings (SSSR count). The zero-order valence-electron chi connectivity index (χ0n) is 23.7. The lowest BCUT2D eigenvalue weighted by Crippen LogP contribution is -2.50. The third-order valence-electron chi connectivity index (χ3n) is 6.14. The second kappa shape index (κ2) is 15.9. The molecule has 10 nitrogen and oxygen atoms in total. The number of amides is 2. The second-order valence-electron chi connectivity index (χ2n) is 9.83. The number of carbonyl (C=O) groups is 3. The Morgan fingerprint density at radius 3 is 2.57 bits per heavy atom. The number of nitrogens with zero attached hydrogens (tertiary/aromatic N) is 3. The number of halogens is 3. The molecule has 0 aliphatic rings. The Labute approximate surface area is 247 Å². The van der Waals surface area contributed by atoms with Crippen LogP contribution in [-0.2, 0) is 25.6 Å². The summed E-state index contributed by atoms with van der Waals surface area (Å²) >= 11 is 6.07. The lowest BCUT2D eigenvalue weighted by atomic mass is 10.1. The molecule has 0 saturated carbocycles. The fraction of sp³-hybridized carbons (Fsp3) is 0.379. The SMILES string of the molecule is CC(=O)N(NCc1cccc(F)c1Cl)[C@@H](CCCCOC(=O)CN(C)C)COC(=O)Nc1cc2cc(F)ccc2cn1. The van der Waals surface area contributed by atoms with Gasteiger partial charge in [-0.25, -0.2) is 24.0 Å². The molecule has 2 N–H and O–H groups in total. The van der Waals surface area contributed by atoms with Crippen molar-refractivity contribution in [2.75, 3.05) is 39.2 Å². The van der Waals surface area contributed by atoms with Crippen molar-refractivity contribution in [2.45, 2.75) is 38.8 Å². The minimum absolute atomic E-state index is 0.0403. The van der Waals surface area contributed by atoms with Gasteiger partial charge in [-0.1, -0.05) is 23.7 Å². The van der Waals surface area contributed by atoms with Gasteiger partial charge < -0.3 is 9.47 Å². The van der Waals surface area contributed by atoms with Gasteiger partial charge in [-0.3, -0.25) is 24.8 Å². The number of pyridine rings is 1. The minimum atomic E-state index is -0.822. The molecule has 0 unspecified atom stereocenters. The Kier molecular flexibility index (Phi) is 12.4. The third-order valence-corrected chi connectivity index (χ3v) is 6.56. The molecule has 13 heteroatoms. The molecule has 0 fully saturated rings. The largest absolute Gasteiger partial charge is 0.465 e. The second-order valence-corrected chi connectivity index (χ2v) is 10.2. The van der Waals surface area contributed by atoms with Crippen molar-refractivity contribution in [1.82, 2.24) is 20.3 Å². The quantitative estimate of drug-likeness (QED) is 0.151. The van der Waals surface area contributed by atoms with Crippen molar-refractivity contribution in [1.29, 1.82) is 0 Å². The van der Waals surface area contributed by atoms with Gasteiger partial charge in [0.15, 0.2) is 0 Å². The normalized spacial score (nSPS) is 11.8. The average Bonchev–Trinajstić information content (AvgIpc) is 2.92. The number of likely N-dealkylation sites (N-methyl/N-ethyl adjacent to an activating group) is 1. The van der Waals surface area contributed by atoms with Gasteiger partial charge in [0, 0.05) is 25.1 Å². The van der Waals surface area contributed by atoms with Crippen LogP contribution in [-0.4, -0.2) is 72.8 Å². The molecular formula is C29H34ClF2N5O5. The van der Waals surface area contributed by atoms with Gasteiger partial charge in [0.1, 0.15) is 24.1 Å². The highest BCUT2D eigenvalue weighted by atomic mass is 35.5. The van der Waals surface area contributed by atoms with Crippen LogP contribution >= 0.6 is 11.6 Å². The first-order valence-corrected chi connectivity index (χ1v) is 13.7. The lowest BCUT2D eigenvalue weighted by molar-refractivity contribution is -0.144. The molecule has 226 valence electrons. The zero-order chi connectivity index (χ0) is 30.6. The topological polar surface area (TPSA) is 113 Å². The van der Waals surface area contributed by atoms with E-state index in [2.05, 4.69) is 15.7 Å². The van der Waals surface area contributed by atoms with E-state index >= 15 is 0 Å². The fourth-order valence-electron chi connectivity index (χ4n) is 4.10. The summed E-state index contributed by atoms with van der Waals surface area (Å²) in [6.07, 6.45) is 2.11. The molecule has 0 aliphatic carbocycles. The highest BCUT2D eigenvalue weighted by Gasteiger charge is 2.23. The van der Waals surface area contributed by atoms with E-state index in [0.717, 1.165) is 0 Å². The van der Waals surface area contributed by atoms with Gasteiger partial charge in [0.2, 0.25) is 5.91 Å². The monoisotopic (exact) mass is 605 g/mol. The van der Waals surface area contributed by atoms with E-state index in [1.807, 2.05) is 0 Å². The summed E-state index contributed by atoms with van der Waals surface area (Å²) in [7, 11) is 3.52. The van der Waals surface area contributed by atoms with Gasteiger partial charge in [0.05, 0.1) is 24.2 Å². The highest BCUT2D eigenvalue weighted by molar-refractivity contribution is 6.31. The Morgan fingerprint density at radius 2 is 1.83 bits per heavy atom. The molecule has 0 bridgehead atoms. The fourth-order valence-corrected chi connectivity index (χ4v) is 4.30. The van der Waals surface area contributed by atoms with Gasteiger partial charge in [-0.2, -0.15) is 0 Å². The van der Waals surface area contributed by atoms with E-state index in [1.54, 1.807) is 31.1 Å². The van der Waals surface area contributed by atoms with Crippen molar-refractivity contribution in [3.8, 4) is 0 Å². The minimum Gasteiger partial charge on any atom is -0.465 e. The number of carbonyl (C=O) groups excluding carboxylic acids is 3. The van der Waals surface area contributed by atoms with Crippen molar-refractivity contribution < 1.29 is 32.6 Å². The first kappa shape index (κ1) is 32.6. The Balaban J connectivity index is 1.64. The zero-order valence-corrected chi connectivity index (χ0v) is 24.4. The van der Waals surface area contributed by atoms with Crippen LogP contribution in [0.25, 0.3) is 10.8 Å². The summed E-state index contributed by atoms with van der Waals surface area (Å²) in [5, 5.41) is 5.00. The van der Waals surface area contributed by atoms with Crippen LogP contribution in [0.1, 0.15) is 31.7 Å². The molecule has 2 aromatic carbocycles. The molecule has 3 aromatic rings. The molecule has 1 heterocycles. The molecule has 1 atom stereocenters. The van der Waals surface area contributed by atoms with Crippen LogP contribution in [0.15, 0.2) is 48.7 Å². The number of hydrazine groups is 1. The van der Waals surface area contributed by atoms with Crippen molar-refractivity contribution in [3.63, 3.8) is 0 Å². The number of rotatable bonds is 14. The molecule has 42 heavy (non-hydrogen) atoms. The molecular weight excluding hydrogens is 572 g/mol. The van der Waals surface area contributed by atoms with Gasteiger partial charge in [-0.05, 0) is 74.6 Å². The van der Waals surface area contributed by atoms with Gasteiger partial charge in [-0.15, -0.1) is 0 Å². The predicted octanol–water partition coefficient (Wildman–Crippen LogP) is 4.91. The maximum atomic E-state index is 13.9. The molecule has 0 spiro atoms. The lowest BCUT2D eigenvalue weighted by Gasteiger charge is -2.31. The van der Waals surface area contributed by atoms with Gasteiger partial charge >= 0.3 is 12.1 Å². The number of unbranched alkanes of at least 4 members (excludes halogenated alkanes) is 1. The van der Waals surface area contributed by atoms with E-state index in [-0.39, 0.29) is 49.0 Å². The molecule has 0 aliphatic heterocycles. The number of hydrogen-bond donors (Lipinski definition) is 2. The third kappa shape index (κ3) is 10.2. The van der Waals surface area contributed by atoms with E-state index in [1.165, 1.54) is 48.5 Å². The number of fused-ring (bicyclic) bond motifs is 1. The van der Waals surface area contributed by atoms with E-state index in [4.69, 9.17) is 21.1 Å². The summed E-state index contributed by atoms with van der Waals surface area (Å²) in [5.41, 5.74) is 3.40. The summed E-state index contributed by atoms with van der Waals surface area (Å²) in [6, 6.07) is 9.47. The van der Waals surface area contributed by atoms with Crippen molar-refractivity contribution >= 4 is 46.2 Å². The van der Waals surface area contributed by atoms with Gasteiger partial charge in [0.25, 0.3) is 0 Å². The number of esters is 1. The smallest absolute Gasteiger partial charge is 0.412 e. The number of aromatic nitrogens is 1.